The zero-order valence-electron chi connectivity index (χ0n) is 12.3. The van der Waals surface area contributed by atoms with Crippen LogP contribution in [0.4, 0.5) is 5.69 Å². The number of carbonyl (C=O) groups excluding carboxylic acids is 1. The highest BCUT2D eigenvalue weighted by Gasteiger charge is 2.01. The van der Waals surface area contributed by atoms with Gasteiger partial charge in [0.1, 0.15) is 0 Å². The van der Waals surface area contributed by atoms with Gasteiger partial charge >= 0.3 is 0 Å². The Kier molecular flexibility index (Phi) is 5.10. The van der Waals surface area contributed by atoms with E-state index in [1.54, 1.807) is 6.21 Å². The molecule has 0 aliphatic rings. The second-order valence-corrected chi connectivity index (χ2v) is 4.88. The standard InChI is InChI=1S/C17H19N3O/c1-13-8-9-16(14(2)10-13)18-12-17(21)20-19-11-15-6-4-3-5-7-15/h3-11,18H,12H2,1-2H3,(H,20,21)/b19-11-. The second-order valence-electron chi connectivity index (χ2n) is 4.88. The number of carbonyl (C=O) groups is 1. The number of amides is 1. The zero-order valence-corrected chi connectivity index (χ0v) is 12.3. The van der Waals surface area contributed by atoms with Gasteiger partial charge in [-0.25, -0.2) is 5.43 Å². The van der Waals surface area contributed by atoms with Crippen LogP contribution in [0.1, 0.15) is 16.7 Å². The van der Waals surface area contributed by atoms with E-state index in [0.717, 1.165) is 16.8 Å². The molecule has 2 aromatic carbocycles. The fourth-order valence-electron chi connectivity index (χ4n) is 1.94. The number of hydrogen-bond donors (Lipinski definition) is 2. The number of hydrogen-bond acceptors (Lipinski definition) is 3. The van der Waals surface area contributed by atoms with Crippen LogP contribution in [0.2, 0.25) is 0 Å². The third kappa shape index (κ3) is 4.76. The number of benzene rings is 2. The fourth-order valence-corrected chi connectivity index (χ4v) is 1.94. The third-order valence-electron chi connectivity index (χ3n) is 3.02. The lowest BCUT2D eigenvalue weighted by Crippen LogP contribution is -2.26. The smallest absolute Gasteiger partial charge is 0.259 e. The van der Waals surface area contributed by atoms with Crippen LogP contribution in [0, 0.1) is 13.8 Å². The maximum Gasteiger partial charge on any atom is 0.259 e. The maximum absolute atomic E-state index is 11.7. The van der Waals surface area contributed by atoms with E-state index in [4.69, 9.17) is 0 Å². The van der Waals surface area contributed by atoms with Crippen molar-refractivity contribution in [2.45, 2.75) is 13.8 Å². The van der Waals surface area contributed by atoms with Gasteiger partial charge in [0.15, 0.2) is 0 Å². The summed E-state index contributed by atoms with van der Waals surface area (Å²) in [4.78, 5) is 11.7. The molecule has 4 heteroatoms. The van der Waals surface area contributed by atoms with Crippen LogP contribution in [0.5, 0.6) is 0 Å². The Morgan fingerprint density at radius 1 is 1.14 bits per heavy atom. The molecule has 0 unspecified atom stereocenters. The minimum atomic E-state index is -0.179. The molecule has 108 valence electrons. The normalized spacial score (nSPS) is 10.6. The van der Waals surface area contributed by atoms with Crippen LogP contribution in [-0.4, -0.2) is 18.7 Å². The molecule has 1 amide bonds. The minimum Gasteiger partial charge on any atom is -0.376 e. The molecular weight excluding hydrogens is 262 g/mol. The molecule has 0 saturated heterocycles. The predicted molar refractivity (Wildman–Crippen MR) is 86.6 cm³/mol. The summed E-state index contributed by atoms with van der Waals surface area (Å²) in [6.45, 7) is 4.25. The summed E-state index contributed by atoms with van der Waals surface area (Å²) < 4.78 is 0. The Morgan fingerprint density at radius 3 is 2.62 bits per heavy atom. The molecule has 0 bridgehead atoms. The second kappa shape index (κ2) is 7.24. The first kappa shape index (κ1) is 14.8. The summed E-state index contributed by atoms with van der Waals surface area (Å²) in [6.07, 6.45) is 1.62. The van der Waals surface area contributed by atoms with E-state index in [2.05, 4.69) is 21.9 Å². The average molecular weight is 281 g/mol. The van der Waals surface area contributed by atoms with E-state index < -0.39 is 0 Å². The Balaban J connectivity index is 1.81. The summed E-state index contributed by atoms with van der Waals surface area (Å²) in [5, 5.41) is 7.03. The largest absolute Gasteiger partial charge is 0.376 e. The lowest BCUT2D eigenvalue weighted by Gasteiger charge is -2.09. The van der Waals surface area contributed by atoms with Crippen molar-refractivity contribution in [2.24, 2.45) is 5.10 Å². The summed E-state index contributed by atoms with van der Waals surface area (Å²) in [5.74, 6) is -0.179. The van der Waals surface area contributed by atoms with Gasteiger partial charge in [-0.1, -0.05) is 48.0 Å². The van der Waals surface area contributed by atoms with Gasteiger partial charge in [-0.15, -0.1) is 0 Å². The van der Waals surface area contributed by atoms with Crippen LogP contribution in [0.15, 0.2) is 53.6 Å². The summed E-state index contributed by atoms with van der Waals surface area (Å²) in [7, 11) is 0. The number of hydrazone groups is 1. The van der Waals surface area contributed by atoms with Crippen LogP contribution in [-0.2, 0) is 4.79 Å². The van der Waals surface area contributed by atoms with Crippen molar-refractivity contribution in [3.05, 3.63) is 65.2 Å². The van der Waals surface area contributed by atoms with Gasteiger partial charge in [0.05, 0.1) is 12.8 Å². The molecule has 2 aromatic rings. The highest BCUT2D eigenvalue weighted by molar-refractivity contribution is 5.84. The van der Waals surface area contributed by atoms with Crippen LogP contribution in [0.3, 0.4) is 0 Å². The van der Waals surface area contributed by atoms with Crippen molar-refractivity contribution < 1.29 is 4.79 Å². The molecule has 2 rings (SSSR count). The quantitative estimate of drug-likeness (QED) is 0.654. The number of anilines is 1. The van der Waals surface area contributed by atoms with Gasteiger partial charge in [-0.05, 0) is 31.0 Å². The molecule has 0 aliphatic carbocycles. The van der Waals surface area contributed by atoms with Gasteiger partial charge in [-0.2, -0.15) is 5.10 Å². The van der Waals surface area contributed by atoms with Crippen LogP contribution in [0.25, 0.3) is 0 Å². The molecule has 0 heterocycles. The van der Waals surface area contributed by atoms with Gasteiger partial charge in [-0.3, -0.25) is 4.79 Å². The van der Waals surface area contributed by atoms with Crippen molar-refractivity contribution >= 4 is 17.8 Å². The van der Waals surface area contributed by atoms with Gasteiger partial charge in [0.2, 0.25) is 0 Å². The van der Waals surface area contributed by atoms with Crippen LogP contribution >= 0.6 is 0 Å². The van der Waals surface area contributed by atoms with E-state index in [1.165, 1.54) is 5.56 Å². The molecular formula is C17H19N3O. The maximum atomic E-state index is 11.7. The minimum absolute atomic E-state index is 0.179. The highest BCUT2D eigenvalue weighted by Crippen LogP contribution is 2.15. The van der Waals surface area contributed by atoms with Crippen molar-refractivity contribution in [2.75, 3.05) is 11.9 Å². The van der Waals surface area contributed by atoms with E-state index in [-0.39, 0.29) is 12.5 Å². The Labute approximate surface area is 124 Å². The van der Waals surface area contributed by atoms with E-state index in [1.807, 2.05) is 56.3 Å². The molecule has 0 aliphatic heterocycles. The topological polar surface area (TPSA) is 53.5 Å². The Bertz CT molecular complexity index is 636. The lowest BCUT2D eigenvalue weighted by molar-refractivity contribution is -0.119. The zero-order chi connectivity index (χ0) is 15.1. The third-order valence-corrected chi connectivity index (χ3v) is 3.02. The highest BCUT2D eigenvalue weighted by atomic mass is 16.2. The first-order chi connectivity index (χ1) is 10.1. The average Bonchev–Trinajstić information content (AvgIpc) is 2.47. The molecule has 0 spiro atoms. The summed E-state index contributed by atoms with van der Waals surface area (Å²) in [5.41, 5.74) is 6.73. The first-order valence-electron chi connectivity index (χ1n) is 6.83. The SMILES string of the molecule is Cc1ccc(NCC(=O)N/N=C\c2ccccc2)c(C)c1. The van der Waals surface area contributed by atoms with Gasteiger partial charge < -0.3 is 5.32 Å². The van der Waals surface area contributed by atoms with E-state index in [0.29, 0.717) is 0 Å². The molecule has 0 saturated carbocycles. The van der Waals surface area contributed by atoms with Gasteiger partial charge in [0, 0.05) is 5.69 Å². The van der Waals surface area contributed by atoms with Crippen LogP contribution < -0.4 is 10.7 Å². The molecule has 0 radical (unpaired) electrons. The lowest BCUT2D eigenvalue weighted by atomic mass is 10.1. The Hall–Kier alpha value is -2.62. The number of aryl methyl sites for hydroxylation is 2. The molecule has 0 aromatic heterocycles. The molecule has 2 N–H and O–H groups in total. The number of nitrogens with zero attached hydrogens (tertiary/aromatic N) is 1. The molecule has 0 atom stereocenters. The van der Waals surface area contributed by atoms with Crippen molar-refractivity contribution in [1.82, 2.24) is 5.43 Å². The number of rotatable bonds is 5. The Morgan fingerprint density at radius 2 is 1.90 bits per heavy atom. The molecule has 4 nitrogen and oxygen atoms in total. The fraction of sp³-hybridized carbons (Fsp3) is 0.176. The number of nitrogens with one attached hydrogen (secondary N) is 2. The monoisotopic (exact) mass is 281 g/mol. The van der Waals surface area contributed by atoms with Gasteiger partial charge in [0.25, 0.3) is 5.91 Å². The van der Waals surface area contributed by atoms with Crippen molar-refractivity contribution in [3.63, 3.8) is 0 Å². The van der Waals surface area contributed by atoms with Crippen molar-refractivity contribution in [1.29, 1.82) is 0 Å². The van der Waals surface area contributed by atoms with Crippen molar-refractivity contribution in [3.8, 4) is 0 Å². The van der Waals surface area contributed by atoms with E-state index >= 15 is 0 Å². The molecule has 21 heavy (non-hydrogen) atoms. The molecule has 0 fully saturated rings. The summed E-state index contributed by atoms with van der Waals surface area (Å²) >= 11 is 0. The predicted octanol–water partition coefficient (Wildman–Crippen LogP) is 2.87. The first-order valence-corrected chi connectivity index (χ1v) is 6.83. The van der Waals surface area contributed by atoms with E-state index in [9.17, 15) is 4.79 Å². The summed E-state index contributed by atoms with van der Waals surface area (Å²) in [6, 6.07) is 15.7.